The van der Waals surface area contributed by atoms with Gasteiger partial charge in [0.2, 0.25) is 0 Å². The van der Waals surface area contributed by atoms with Gasteiger partial charge in [-0.1, -0.05) is 11.6 Å². The number of hydrogen-bond donors (Lipinski definition) is 2. The van der Waals surface area contributed by atoms with Gasteiger partial charge in [-0.15, -0.1) is 0 Å². The Kier molecular flexibility index (Phi) is 4.63. The lowest BCUT2D eigenvalue weighted by atomic mass is 10.1. The fourth-order valence-corrected chi connectivity index (χ4v) is 2.19. The van der Waals surface area contributed by atoms with E-state index in [1.165, 1.54) is 18.2 Å². The standard InChI is InChI=1S/C13H12ClF5N4/c14-7-1-2-8-10(5-7)23(22-11(8)9(21)6-20)4-3-12(15,16)13(17,18)19/h1-2,5,21H,3-4,6,20H2. The average molecular weight is 355 g/mol. The molecule has 4 nitrogen and oxygen atoms in total. The molecule has 0 fully saturated rings. The number of halogens is 6. The van der Waals surface area contributed by atoms with Crippen LogP contribution in [0, 0.1) is 5.41 Å². The molecular weight excluding hydrogens is 343 g/mol. The van der Waals surface area contributed by atoms with Crippen molar-refractivity contribution in [1.29, 1.82) is 5.41 Å². The summed E-state index contributed by atoms with van der Waals surface area (Å²) in [6, 6.07) is 4.42. The fourth-order valence-electron chi connectivity index (χ4n) is 2.03. The summed E-state index contributed by atoms with van der Waals surface area (Å²) in [6.45, 7) is -0.825. The predicted octanol–water partition coefficient (Wildman–Crippen LogP) is 3.60. The zero-order valence-electron chi connectivity index (χ0n) is 11.6. The van der Waals surface area contributed by atoms with E-state index in [1.807, 2.05) is 0 Å². The van der Waals surface area contributed by atoms with Gasteiger partial charge in [0.25, 0.3) is 0 Å². The second-order valence-corrected chi connectivity index (χ2v) is 5.30. The Morgan fingerprint density at radius 2 is 1.91 bits per heavy atom. The summed E-state index contributed by atoms with van der Waals surface area (Å²) in [5, 5.41) is 12.3. The van der Waals surface area contributed by atoms with Crippen LogP contribution in [0.1, 0.15) is 12.1 Å². The normalized spacial score (nSPS) is 12.8. The van der Waals surface area contributed by atoms with E-state index in [-0.39, 0.29) is 28.5 Å². The van der Waals surface area contributed by atoms with E-state index >= 15 is 0 Å². The van der Waals surface area contributed by atoms with Crippen LogP contribution < -0.4 is 5.73 Å². The van der Waals surface area contributed by atoms with Crippen LogP contribution in [0.5, 0.6) is 0 Å². The molecule has 0 aliphatic rings. The number of nitrogens with one attached hydrogen (secondary N) is 1. The van der Waals surface area contributed by atoms with Crippen molar-refractivity contribution >= 4 is 28.2 Å². The third-order valence-electron chi connectivity index (χ3n) is 3.26. The highest BCUT2D eigenvalue weighted by Gasteiger charge is 2.56. The van der Waals surface area contributed by atoms with Crippen LogP contribution >= 0.6 is 11.6 Å². The first-order valence-electron chi connectivity index (χ1n) is 6.45. The largest absolute Gasteiger partial charge is 0.453 e. The maximum atomic E-state index is 13.1. The zero-order valence-corrected chi connectivity index (χ0v) is 12.3. The minimum atomic E-state index is -5.62. The SMILES string of the molecule is N=C(CN)c1nn(CCC(F)(F)C(F)(F)F)c2cc(Cl)ccc12. The van der Waals surface area contributed by atoms with E-state index < -0.39 is 25.1 Å². The molecule has 2 aromatic rings. The van der Waals surface area contributed by atoms with Crippen LogP contribution in [0.3, 0.4) is 0 Å². The maximum Gasteiger partial charge on any atom is 0.453 e. The molecule has 0 aliphatic heterocycles. The van der Waals surface area contributed by atoms with E-state index in [1.54, 1.807) is 0 Å². The Morgan fingerprint density at radius 1 is 1.26 bits per heavy atom. The van der Waals surface area contributed by atoms with Crippen LogP contribution in [0.2, 0.25) is 5.02 Å². The third kappa shape index (κ3) is 3.45. The number of alkyl halides is 5. The molecule has 126 valence electrons. The molecule has 10 heteroatoms. The monoisotopic (exact) mass is 354 g/mol. The molecule has 1 aromatic carbocycles. The van der Waals surface area contributed by atoms with Crippen molar-refractivity contribution in [2.45, 2.75) is 25.1 Å². The number of fused-ring (bicyclic) bond motifs is 1. The van der Waals surface area contributed by atoms with Gasteiger partial charge < -0.3 is 11.1 Å². The maximum absolute atomic E-state index is 13.1. The second-order valence-electron chi connectivity index (χ2n) is 4.87. The predicted molar refractivity (Wildman–Crippen MR) is 76.2 cm³/mol. The van der Waals surface area contributed by atoms with Gasteiger partial charge in [-0.05, 0) is 18.2 Å². The van der Waals surface area contributed by atoms with E-state index in [9.17, 15) is 22.0 Å². The van der Waals surface area contributed by atoms with Crippen molar-refractivity contribution in [3.8, 4) is 0 Å². The van der Waals surface area contributed by atoms with Crippen LogP contribution in [-0.2, 0) is 6.54 Å². The van der Waals surface area contributed by atoms with Crippen LogP contribution in [0.15, 0.2) is 18.2 Å². The van der Waals surface area contributed by atoms with Gasteiger partial charge >= 0.3 is 12.1 Å². The minimum Gasteiger partial charge on any atom is -0.325 e. The first-order valence-corrected chi connectivity index (χ1v) is 6.83. The first kappa shape index (κ1) is 17.6. The molecule has 1 heterocycles. The molecular formula is C13H12ClF5N4. The van der Waals surface area contributed by atoms with Crippen LogP contribution in [0.25, 0.3) is 10.9 Å². The molecule has 23 heavy (non-hydrogen) atoms. The lowest BCUT2D eigenvalue weighted by Gasteiger charge is -2.19. The lowest BCUT2D eigenvalue weighted by molar-refractivity contribution is -0.285. The number of aryl methyl sites for hydroxylation is 1. The number of aromatic nitrogens is 2. The van der Waals surface area contributed by atoms with Crippen molar-refractivity contribution in [3.63, 3.8) is 0 Å². The first-order chi connectivity index (χ1) is 10.6. The van der Waals surface area contributed by atoms with Gasteiger partial charge in [-0.2, -0.15) is 27.1 Å². The Labute approximate surface area is 132 Å². The molecule has 2 rings (SSSR count). The summed E-state index contributed by atoms with van der Waals surface area (Å²) in [4.78, 5) is 0. The van der Waals surface area contributed by atoms with Crippen LogP contribution in [-0.4, -0.2) is 34.1 Å². The molecule has 0 aliphatic carbocycles. The number of nitrogens with two attached hydrogens (primary N) is 1. The minimum absolute atomic E-state index is 0.0568. The topological polar surface area (TPSA) is 67.7 Å². The van der Waals surface area contributed by atoms with E-state index in [0.29, 0.717) is 5.39 Å². The number of hydrogen-bond acceptors (Lipinski definition) is 3. The van der Waals surface area contributed by atoms with E-state index in [2.05, 4.69) is 5.10 Å². The Hall–Kier alpha value is -1.74. The summed E-state index contributed by atoms with van der Waals surface area (Å²) >= 11 is 5.83. The molecule has 0 saturated carbocycles. The summed E-state index contributed by atoms with van der Waals surface area (Å²) in [6.07, 6.45) is -7.09. The van der Waals surface area contributed by atoms with E-state index in [4.69, 9.17) is 22.7 Å². The molecule has 0 saturated heterocycles. The van der Waals surface area contributed by atoms with Crippen molar-refractivity contribution in [2.24, 2.45) is 5.73 Å². The van der Waals surface area contributed by atoms with Crippen molar-refractivity contribution in [2.75, 3.05) is 6.54 Å². The zero-order chi connectivity index (χ0) is 17.4. The molecule has 1 aromatic heterocycles. The number of benzene rings is 1. The van der Waals surface area contributed by atoms with Gasteiger partial charge in [0, 0.05) is 29.9 Å². The highest BCUT2D eigenvalue weighted by Crippen LogP contribution is 2.38. The summed E-state index contributed by atoms with van der Waals surface area (Å²) in [5.41, 5.74) is 5.71. The van der Waals surface area contributed by atoms with Crippen molar-refractivity contribution < 1.29 is 22.0 Å². The third-order valence-corrected chi connectivity index (χ3v) is 3.49. The van der Waals surface area contributed by atoms with Gasteiger partial charge in [0.05, 0.1) is 11.2 Å². The molecule has 0 unspecified atom stereocenters. The fraction of sp³-hybridized carbons (Fsp3) is 0.385. The molecule has 0 atom stereocenters. The Bertz CT molecular complexity index is 738. The average Bonchev–Trinajstić information content (AvgIpc) is 2.81. The smallest absolute Gasteiger partial charge is 0.325 e. The lowest BCUT2D eigenvalue weighted by Crippen LogP contribution is -2.37. The highest BCUT2D eigenvalue weighted by molar-refractivity contribution is 6.31. The quantitative estimate of drug-likeness (QED) is 0.636. The Morgan fingerprint density at radius 3 is 2.48 bits per heavy atom. The summed E-state index contributed by atoms with van der Waals surface area (Å²) in [7, 11) is 0. The molecule has 0 bridgehead atoms. The molecule has 0 spiro atoms. The molecule has 0 amide bonds. The van der Waals surface area contributed by atoms with Crippen molar-refractivity contribution in [1.82, 2.24) is 9.78 Å². The second kappa shape index (κ2) is 6.04. The summed E-state index contributed by atoms with van der Waals surface area (Å²) in [5.74, 6) is -4.83. The Balaban J connectivity index is 2.41. The molecule has 0 radical (unpaired) electrons. The van der Waals surface area contributed by atoms with Gasteiger partial charge in [0.1, 0.15) is 5.69 Å². The highest BCUT2D eigenvalue weighted by atomic mass is 35.5. The van der Waals surface area contributed by atoms with Crippen LogP contribution in [0.4, 0.5) is 22.0 Å². The van der Waals surface area contributed by atoms with Crippen molar-refractivity contribution in [3.05, 3.63) is 28.9 Å². The molecule has 3 N–H and O–H groups in total. The number of nitrogens with zero attached hydrogens (tertiary/aromatic N) is 2. The van der Waals surface area contributed by atoms with Gasteiger partial charge in [-0.3, -0.25) is 4.68 Å². The van der Waals surface area contributed by atoms with E-state index in [0.717, 1.165) is 4.68 Å². The summed E-state index contributed by atoms with van der Waals surface area (Å²) < 4.78 is 63.9. The number of rotatable bonds is 5. The van der Waals surface area contributed by atoms with Gasteiger partial charge in [-0.25, -0.2) is 0 Å². The van der Waals surface area contributed by atoms with Gasteiger partial charge in [0.15, 0.2) is 0 Å².